The standard InChI is InChI=1S/C17H26N4O2.ClH/c1-11(2)19-17(23)20-14-8-6-12(7-9-14)16(22)21-15-5-3-4-13(15)10-18;/h6-9,11,13,15H,3-5,10,18H2,1-2H3,(H,21,22)(H2,19,20,23);1H. The molecule has 0 aromatic heterocycles. The Bertz CT molecular complexity index is 548. The van der Waals surface area contributed by atoms with Crippen molar-refractivity contribution < 1.29 is 9.59 Å². The van der Waals surface area contributed by atoms with Crippen molar-refractivity contribution in [2.75, 3.05) is 11.9 Å². The van der Waals surface area contributed by atoms with Crippen LogP contribution in [0.1, 0.15) is 43.5 Å². The van der Waals surface area contributed by atoms with Gasteiger partial charge in [0.2, 0.25) is 0 Å². The molecule has 1 fully saturated rings. The molecule has 0 bridgehead atoms. The van der Waals surface area contributed by atoms with Crippen molar-refractivity contribution >= 4 is 30.0 Å². The minimum absolute atomic E-state index is 0. The van der Waals surface area contributed by atoms with Crippen molar-refractivity contribution in [3.05, 3.63) is 29.8 Å². The second-order valence-corrected chi connectivity index (χ2v) is 6.34. The number of nitrogens with one attached hydrogen (secondary N) is 3. The van der Waals surface area contributed by atoms with E-state index in [1.54, 1.807) is 24.3 Å². The number of anilines is 1. The van der Waals surface area contributed by atoms with Crippen LogP contribution in [0.2, 0.25) is 0 Å². The van der Waals surface area contributed by atoms with Crippen LogP contribution in [0.15, 0.2) is 24.3 Å². The van der Waals surface area contributed by atoms with Gasteiger partial charge in [0.15, 0.2) is 0 Å². The highest BCUT2D eigenvalue weighted by molar-refractivity contribution is 5.95. The Balaban J connectivity index is 0.00000288. The summed E-state index contributed by atoms with van der Waals surface area (Å²) >= 11 is 0. The molecule has 0 heterocycles. The molecule has 1 aromatic rings. The van der Waals surface area contributed by atoms with Crippen LogP contribution >= 0.6 is 12.4 Å². The van der Waals surface area contributed by atoms with Gasteiger partial charge in [-0.1, -0.05) is 6.42 Å². The lowest BCUT2D eigenvalue weighted by molar-refractivity contribution is 0.0929. The van der Waals surface area contributed by atoms with E-state index < -0.39 is 0 Å². The molecular weight excluding hydrogens is 328 g/mol. The highest BCUT2D eigenvalue weighted by Crippen LogP contribution is 2.25. The van der Waals surface area contributed by atoms with Crippen molar-refractivity contribution in [3.63, 3.8) is 0 Å². The first-order chi connectivity index (χ1) is 11.0. The molecule has 0 spiro atoms. The molecular formula is C17H27ClN4O2. The lowest BCUT2D eigenvalue weighted by Crippen LogP contribution is -2.39. The van der Waals surface area contributed by atoms with Gasteiger partial charge in [0.05, 0.1) is 0 Å². The molecule has 134 valence electrons. The van der Waals surface area contributed by atoms with Gasteiger partial charge in [0.25, 0.3) is 5.91 Å². The average Bonchev–Trinajstić information content (AvgIpc) is 2.94. The van der Waals surface area contributed by atoms with Gasteiger partial charge in [-0.25, -0.2) is 4.79 Å². The maximum atomic E-state index is 12.3. The second-order valence-electron chi connectivity index (χ2n) is 6.34. The molecule has 7 heteroatoms. The predicted octanol–water partition coefficient (Wildman–Crippen LogP) is 2.50. The van der Waals surface area contributed by atoms with E-state index in [0.717, 1.165) is 19.3 Å². The monoisotopic (exact) mass is 354 g/mol. The zero-order chi connectivity index (χ0) is 16.8. The maximum absolute atomic E-state index is 12.3. The Hall–Kier alpha value is -1.79. The Kier molecular flexibility index (Phi) is 8.01. The molecule has 24 heavy (non-hydrogen) atoms. The molecule has 2 atom stereocenters. The fourth-order valence-electron chi connectivity index (χ4n) is 2.89. The normalized spacial score (nSPS) is 19.5. The molecule has 1 aromatic carbocycles. The molecule has 1 aliphatic carbocycles. The van der Waals surface area contributed by atoms with Gasteiger partial charge in [0.1, 0.15) is 0 Å². The van der Waals surface area contributed by atoms with Crippen LogP contribution in [0, 0.1) is 5.92 Å². The van der Waals surface area contributed by atoms with Crippen LogP contribution in [0.25, 0.3) is 0 Å². The van der Waals surface area contributed by atoms with Gasteiger partial charge < -0.3 is 21.7 Å². The average molecular weight is 355 g/mol. The van der Waals surface area contributed by atoms with E-state index in [1.807, 2.05) is 13.8 Å². The second kappa shape index (κ2) is 9.49. The number of carbonyl (C=O) groups is 2. The van der Waals surface area contributed by atoms with Gasteiger partial charge in [-0.2, -0.15) is 0 Å². The molecule has 3 amide bonds. The highest BCUT2D eigenvalue weighted by Gasteiger charge is 2.27. The molecule has 2 rings (SSSR count). The summed E-state index contributed by atoms with van der Waals surface area (Å²) in [7, 11) is 0. The Labute approximate surface area is 149 Å². The lowest BCUT2D eigenvalue weighted by atomic mass is 10.0. The van der Waals surface area contributed by atoms with Crippen molar-refractivity contribution in [1.82, 2.24) is 10.6 Å². The first-order valence-electron chi connectivity index (χ1n) is 8.18. The summed E-state index contributed by atoms with van der Waals surface area (Å²) < 4.78 is 0. The summed E-state index contributed by atoms with van der Waals surface area (Å²) in [6.07, 6.45) is 3.18. The number of rotatable bonds is 5. The number of hydrogen-bond donors (Lipinski definition) is 4. The number of benzene rings is 1. The number of urea groups is 1. The lowest BCUT2D eigenvalue weighted by Gasteiger charge is -2.19. The van der Waals surface area contributed by atoms with E-state index in [2.05, 4.69) is 16.0 Å². The molecule has 1 saturated carbocycles. The van der Waals surface area contributed by atoms with E-state index in [1.165, 1.54) is 0 Å². The topological polar surface area (TPSA) is 96.2 Å². The van der Waals surface area contributed by atoms with Crippen molar-refractivity contribution in [1.29, 1.82) is 0 Å². The summed E-state index contributed by atoms with van der Waals surface area (Å²) in [6.45, 7) is 4.40. The van der Waals surface area contributed by atoms with E-state index in [-0.39, 0.29) is 36.4 Å². The molecule has 5 N–H and O–H groups in total. The largest absolute Gasteiger partial charge is 0.349 e. The van der Waals surface area contributed by atoms with Crippen molar-refractivity contribution in [2.45, 2.75) is 45.2 Å². The summed E-state index contributed by atoms with van der Waals surface area (Å²) in [5, 5.41) is 8.54. The maximum Gasteiger partial charge on any atom is 0.319 e. The van der Waals surface area contributed by atoms with E-state index in [9.17, 15) is 9.59 Å². The minimum Gasteiger partial charge on any atom is -0.349 e. The molecule has 2 unspecified atom stereocenters. The summed E-state index contributed by atoms with van der Waals surface area (Å²) in [4.78, 5) is 23.9. The Morgan fingerprint density at radius 3 is 2.46 bits per heavy atom. The first kappa shape index (κ1) is 20.3. The van der Waals surface area contributed by atoms with Gasteiger partial charge in [-0.3, -0.25) is 4.79 Å². The highest BCUT2D eigenvalue weighted by atomic mass is 35.5. The predicted molar refractivity (Wildman–Crippen MR) is 98.6 cm³/mol. The number of hydrogen-bond acceptors (Lipinski definition) is 3. The van der Waals surface area contributed by atoms with Crippen LogP contribution in [0.3, 0.4) is 0 Å². The number of amides is 3. The molecule has 6 nitrogen and oxygen atoms in total. The number of nitrogens with two attached hydrogens (primary N) is 1. The van der Waals surface area contributed by atoms with E-state index in [0.29, 0.717) is 23.7 Å². The summed E-state index contributed by atoms with van der Waals surface area (Å²) in [5.74, 6) is 0.285. The van der Waals surface area contributed by atoms with Gasteiger partial charge >= 0.3 is 6.03 Å². The fraction of sp³-hybridized carbons (Fsp3) is 0.529. The molecule has 0 aliphatic heterocycles. The third-order valence-corrected chi connectivity index (χ3v) is 4.10. The van der Waals surface area contributed by atoms with Crippen LogP contribution < -0.4 is 21.7 Å². The zero-order valence-electron chi connectivity index (χ0n) is 14.2. The van der Waals surface area contributed by atoms with Gasteiger partial charge in [0, 0.05) is 23.3 Å². The van der Waals surface area contributed by atoms with Crippen molar-refractivity contribution in [2.24, 2.45) is 11.7 Å². The van der Waals surface area contributed by atoms with Crippen LogP contribution in [-0.4, -0.2) is 30.6 Å². The third kappa shape index (κ3) is 5.69. The van der Waals surface area contributed by atoms with E-state index in [4.69, 9.17) is 5.73 Å². The minimum atomic E-state index is -0.256. The SMILES string of the molecule is CC(C)NC(=O)Nc1ccc(C(=O)NC2CCCC2CN)cc1.Cl. The Morgan fingerprint density at radius 1 is 1.21 bits per heavy atom. The van der Waals surface area contributed by atoms with Gasteiger partial charge in [-0.05, 0) is 63.4 Å². The zero-order valence-corrected chi connectivity index (χ0v) is 15.0. The summed E-state index contributed by atoms with van der Waals surface area (Å²) in [5.41, 5.74) is 6.98. The molecule has 0 radical (unpaired) electrons. The fourth-order valence-corrected chi connectivity index (χ4v) is 2.89. The van der Waals surface area contributed by atoms with Crippen molar-refractivity contribution in [3.8, 4) is 0 Å². The Morgan fingerprint density at radius 2 is 1.88 bits per heavy atom. The first-order valence-corrected chi connectivity index (χ1v) is 8.18. The summed E-state index contributed by atoms with van der Waals surface area (Å²) in [6, 6.07) is 6.87. The third-order valence-electron chi connectivity index (χ3n) is 4.10. The quantitative estimate of drug-likeness (QED) is 0.654. The van der Waals surface area contributed by atoms with Gasteiger partial charge in [-0.15, -0.1) is 12.4 Å². The smallest absolute Gasteiger partial charge is 0.319 e. The molecule has 1 aliphatic rings. The number of carbonyl (C=O) groups excluding carboxylic acids is 2. The number of halogens is 1. The molecule has 0 saturated heterocycles. The van der Waals surface area contributed by atoms with Crippen LogP contribution in [-0.2, 0) is 0 Å². The van der Waals surface area contributed by atoms with Crippen LogP contribution in [0.4, 0.5) is 10.5 Å². The van der Waals surface area contributed by atoms with Crippen LogP contribution in [0.5, 0.6) is 0 Å². The van der Waals surface area contributed by atoms with E-state index >= 15 is 0 Å².